The van der Waals surface area contributed by atoms with Crippen molar-refractivity contribution in [1.29, 1.82) is 0 Å². The molecule has 0 aromatic carbocycles. The Bertz CT molecular complexity index is 391. The predicted molar refractivity (Wildman–Crippen MR) is 64.9 cm³/mol. The van der Waals surface area contributed by atoms with Gasteiger partial charge >= 0.3 is 6.18 Å². The molecule has 1 aromatic heterocycles. The molecule has 1 unspecified atom stereocenters. The van der Waals surface area contributed by atoms with Crippen LogP contribution in [0.3, 0.4) is 0 Å². The average Bonchev–Trinajstić information content (AvgIpc) is 2.77. The van der Waals surface area contributed by atoms with Crippen LogP contribution in [0.4, 0.5) is 19.0 Å². The van der Waals surface area contributed by atoms with Gasteiger partial charge in [0.1, 0.15) is 5.82 Å². The van der Waals surface area contributed by atoms with Gasteiger partial charge in [-0.05, 0) is 30.9 Å². The van der Waals surface area contributed by atoms with Crippen molar-refractivity contribution in [3.63, 3.8) is 0 Å². The van der Waals surface area contributed by atoms with Gasteiger partial charge in [0.05, 0.1) is 5.56 Å². The number of hydrogen-bond donors (Lipinski definition) is 0. The number of alkyl halides is 4. The minimum absolute atomic E-state index is 0.520. The summed E-state index contributed by atoms with van der Waals surface area (Å²) in [6, 6.07) is 2.52. The van der Waals surface area contributed by atoms with Gasteiger partial charge in [0.25, 0.3) is 0 Å². The summed E-state index contributed by atoms with van der Waals surface area (Å²) in [5.41, 5.74) is -0.706. The van der Waals surface area contributed by atoms with Crippen LogP contribution in [0.1, 0.15) is 18.4 Å². The van der Waals surface area contributed by atoms with Crippen LogP contribution in [0.2, 0.25) is 0 Å². The molecule has 2 heterocycles. The van der Waals surface area contributed by atoms with Crippen molar-refractivity contribution in [1.82, 2.24) is 4.98 Å². The van der Waals surface area contributed by atoms with Gasteiger partial charge in [-0.3, -0.25) is 0 Å². The number of rotatable bonds is 3. The van der Waals surface area contributed by atoms with Crippen molar-refractivity contribution < 1.29 is 13.2 Å². The predicted octanol–water partition coefficient (Wildman–Crippen LogP) is 3.56. The van der Waals surface area contributed by atoms with E-state index in [2.05, 4.69) is 4.98 Å². The molecule has 0 N–H and O–H groups in total. The van der Waals surface area contributed by atoms with Crippen LogP contribution in [-0.4, -0.2) is 24.0 Å². The average molecular weight is 279 g/mol. The minimum Gasteiger partial charge on any atom is -0.356 e. The van der Waals surface area contributed by atoms with Gasteiger partial charge in [-0.15, -0.1) is 11.6 Å². The van der Waals surface area contributed by atoms with Crippen LogP contribution >= 0.6 is 11.6 Å². The van der Waals surface area contributed by atoms with Crippen molar-refractivity contribution in [3.8, 4) is 0 Å². The molecule has 1 aromatic rings. The lowest BCUT2D eigenvalue weighted by Crippen LogP contribution is -2.21. The molecule has 1 saturated heterocycles. The second-order valence-corrected chi connectivity index (χ2v) is 4.86. The van der Waals surface area contributed by atoms with Gasteiger partial charge in [-0.1, -0.05) is 0 Å². The van der Waals surface area contributed by atoms with Crippen LogP contribution in [0.5, 0.6) is 0 Å². The number of halogens is 4. The van der Waals surface area contributed by atoms with Gasteiger partial charge in [0.2, 0.25) is 0 Å². The molecular formula is C12H14ClF3N2. The Balaban J connectivity index is 2.03. The molecule has 1 fully saturated rings. The lowest BCUT2D eigenvalue weighted by Gasteiger charge is -2.18. The maximum Gasteiger partial charge on any atom is 0.417 e. The maximum atomic E-state index is 12.4. The first-order chi connectivity index (χ1) is 8.50. The van der Waals surface area contributed by atoms with E-state index in [0.29, 0.717) is 17.6 Å². The third kappa shape index (κ3) is 3.07. The van der Waals surface area contributed by atoms with Crippen molar-refractivity contribution >= 4 is 17.4 Å². The summed E-state index contributed by atoms with van der Waals surface area (Å²) in [5.74, 6) is 1.76. The first-order valence-electron chi connectivity index (χ1n) is 5.85. The second kappa shape index (κ2) is 5.34. The summed E-state index contributed by atoms with van der Waals surface area (Å²) in [7, 11) is 0. The molecule has 2 nitrogen and oxygen atoms in total. The van der Waals surface area contributed by atoms with Gasteiger partial charge in [-0.25, -0.2) is 4.98 Å². The Morgan fingerprint density at radius 3 is 2.72 bits per heavy atom. The third-order valence-electron chi connectivity index (χ3n) is 3.20. The van der Waals surface area contributed by atoms with E-state index >= 15 is 0 Å². The zero-order valence-electron chi connectivity index (χ0n) is 9.75. The summed E-state index contributed by atoms with van der Waals surface area (Å²) in [5, 5.41) is 0. The fraction of sp³-hybridized carbons (Fsp3) is 0.583. The highest BCUT2D eigenvalue weighted by molar-refractivity contribution is 6.17. The largest absolute Gasteiger partial charge is 0.417 e. The lowest BCUT2D eigenvalue weighted by atomic mass is 10.1. The highest BCUT2D eigenvalue weighted by Gasteiger charge is 2.31. The van der Waals surface area contributed by atoms with Crippen molar-refractivity contribution in [2.24, 2.45) is 5.92 Å². The summed E-state index contributed by atoms with van der Waals surface area (Å²) < 4.78 is 37.2. The summed E-state index contributed by atoms with van der Waals surface area (Å²) >= 11 is 5.69. The molecule has 100 valence electrons. The fourth-order valence-corrected chi connectivity index (χ4v) is 2.48. The molecule has 2 rings (SSSR count). The van der Waals surface area contributed by atoms with E-state index in [0.717, 1.165) is 38.2 Å². The number of anilines is 1. The number of aromatic nitrogens is 1. The fourth-order valence-electron chi connectivity index (χ4n) is 2.17. The molecule has 1 atom stereocenters. The Morgan fingerprint density at radius 2 is 2.17 bits per heavy atom. The lowest BCUT2D eigenvalue weighted by molar-refractivity contribution is -0.137. The Labute approximate surface area is 109 Å². The first-order valence-corrected chi connectivity index (χ1v) is 6.38. The summed E-state index contributed by atoms with van der Waals surface area (Å²) in [6.45, 7) is 1.66. The standard InChI is InChI=1S/C12H14ClF3N2/c13-5-3-9-4-6-18(8-9)11-2-1-10(7-17-11)12(14,15)16/h1-2,7,9H,3-6,8H2. The molecule has 0 spiro atoms. The topological polar surface area (TPSA) is 16.1 Å². The molecule has 0 amide bonds. The van der Waals surface area contributed by atoms with E-state index < -0.39 is 11.7 Å². The van der Waals surface area contributed by atoms with Crippen molar-refractivity contribution in [3.05, 3.63) is 23.9 Å². The second-order valence-electron chi connectivity index (χ2n) is 4.48. The van der Waals surface area contributed by atoms with Gasteiger partial charge < -0.3 is 4.90 Å². The van der Waals surface area contributed by atoms with E-state index in [1.54, 1.807) is 0 Å². The molecule has 0 bridgehead atoms. The van der Waals surface area contributed by atoms with Gasteiger partial charge in [0.15, 0.2) is 0 Å². The third-order valence-corrected chi connectivity index (χ3v) is 3.42. The van der Waals surface area contributed by atoms with E-state index in [-0.39, 0.29) is 0 Å². The molecule has 0 saturated carbocycles. The number of pyridine rings is 1. The summed E-state index contributed by atoms with van der Waals surface area (Å²) in [6.07, 6.45) is -1.46. The molecule has 1 aliphatic heterocycles. The van der Waals surface area contributed by atoms with Crippen LogP contribution in [0.25, 0.3) is 0 Å². The molecule has 6 heteroatoms. The molecule has 0 radical (unpaired) electrons. The van der Waals surface area contributed by atoms with Crippen LogP contribution in [0, 0.1) is 5.92 Å². The summed E-state index contributed by atoms with van der Waals surface area (Å²) in [4.78, 5) is 5.91. The minimum atomic E-state index is -4.32. The zero-order valence-corrected chi connectivity index (χ0v) is 10.5. The van der Waals surface area contributed by atoms with E-state index in [1.807, 2.05) is 4.90 Å². The van der Waals surface area contributed by atoms with Gasteiger partial charge in [-0.2, -0.15) is 13.2 Å². The smallest absolute Gasteiger partial charge is 0.356 e. The Kier molecular flexibility index (Phi) is 4.00. The van der Waals surface area contributed by atoms with Gasteiger partial charge in [0, 0.05) is 25.2 Å². The highest BCUT2D eigenvalue weighted by Crippen LogP contribution is 2.30. The van der Waals surface area contributed by atoms with Crippen LogP contribution in [0.15, 0.2) is 18.3 Å². The number of nitrogens with zero attached hydrogens (tertiary/aromatic N) is 2. The molecule has 18 heavy (non-hydrogen) atoms. The quantitative estimate of drug-likeness (QED) is 0.786. The first kappa shape index (κ1) is 13.5. The van der Waals surface area contributed by atoms with E-state index in [4.69, 9.17) is 11.6 Å². The molecular weight excluding hydrogens is 265 g/mol. The Hall–Kier alpha value is -0.970. The molecule has 1 aliphatic rings. The maximum absolute atomic E-state index is 12.4. The van der Waals surface area contributed by atoms with Crippen LogP contribution < -0.4 is 4.90 Å². The molecule has 0 aliphatic carbocycles. The number of hydrogen-bond acceptors (Lipinski definition) is 2. The zero-order chi connectivity index (χ0) is 13.2. The Morgan fingerprint density at radius 1 is 1.39 bits per heavy atom. The highest BCUT2D eigenvalue weighted by atomic mass is 35.5. The van der Waals surface area contributed by atoms with Crippen LogP contribution in [-0.2, 0) is 6.18 Å². The van der Waals surface area contributed by atoms with Crippen molar-refractivity contribution in [2.75, 3.05) is 23.9 Å². The normalized spacial score (nSPS) is 20.4. The van der Waals surface area contributed by atoms with E-state index in [9.17, 15) is 13.2 Å². The monoisotopic (exact) mass is 278 g/mol. The SMILES string of the molecule is FC(F)(F)c1ccc(N2CCC(CCCl)C2)nc1. The van der Waals surface area contributed by atoms with Crippen molar-refractivity contribution in [2.45, 2.75) is 19.0 Å². The van der Waals surface area contributed by atoms with E-state index in [1.165, 1.54) is 6.07 Å².